The van der Waals surface area contributed by atoms with Gasteiger partial charge >= 0.3 is 5.97 Å². The lowest BCUT2D eigenvalue weighted by atomic mass is 9.96. The van der Waals surface area contributed by atoms with Gasteiger partial charge in [0.1, 0.15) is 11.6 Å². The summed E-state index contributed by atoms with van der Waals surface area (Å²) >= 11 is 0. The van der Waals surface area contributed by atoms with E-state index in [0.717, 1.165) is 5.56 Å². The number of hydrogen-bond donors (Lipinski definition) is 3. The number of carboxylic acid groups (broad SMARTS) is 1. The van der Waals surface area contributed by atoms with Crippen molar-refractivity contribution in [2.45, 2.75) is 44.8 Å². The molecule has 3 rings (SSSR count). The van der Waals surface area contributed by atoms with E-state index in [1.807, 2.05) is 37.3 Å². The number of nitrogens with zero attached hydrogens (tertiary/aromatic N) is 1. The van der Waals surface area contributed by atoms with E-state index in [2.05, 4.69) is 10.6 Å². The minimum atomic E-state index is -1.41. The van der Waals surface area contributed by atoms with Gasteiger partial charge in [0.05, 0.1) is 6.54 Å². The van der Waals surface area contributed by atoms with Crippen molar-refractivity contribution in [3.05, 3.63) is 71.3 Å². The molecule has 32 heavy (non-hydrogen) atoms. The summed E-state index contributed by atoms with van der Waals surface area (Å²) in [5, 5.41) is 14.5. The zero-order valence-corrected chi connectivity index (χ0v) is 18.1. The van der Waals surface area contributed by atoms with Crippen LogP contribution in [-0.4, -0.2) is 45.8 Å². The first-order valence-electron chi connectivity index (χ1n) is 10.5. The molecular formula is C24H27N3O5. The number of rotatable bonds is 9. The van der Waals surface area contributed by atoms with Crippen LogP contribution in [0.3, 0.4) is 0 Å². The Hall–Kier alpha value is -3.68. The molecule has 3 amide bonds. The normalized spacial score (nSPS) is 16.8. The standard InChI is InChI=1S/C24H27N3O5/c1-3-13-24(2,23(31)32)26-19(28)14-25-21(29)20-17-11-7-8-12-18(17)22(30)27(20)15-16-9-5-4-6-10-16/h4-12,20H,3,13-15H2,1-2H3,(H,25,29)(H,26,28)(H,31,32). The minimum absolute atomic E-state index is 0.242. The van der Waals surface area contributed by atoms with Gasteiger partial charge in [0.25, 0.3) is 5.91 Å². The van der Waals surface area contributed by atoms with Crippen LogP contribution in [-0.2, 0) is 20.9 Å². The van der Waals surface area contributed by atoms with E-state index in [1.165, 1.54) is 11.8 Å². The van der Waals surface area contributed by atoms with Gasteiger partial charge in [0.2, 0.25) is 11.8 Å². The van der Waals surface area contributed by atoms with Crippen molar-refractivity contribution in [3.63, 3.8) is 0 Å². The number of hydrogen-bond acceptors (Lipinski definition) is 4. The van der Waals surface area contributed by atoms with Gasteiger partial charge < -0.3 is 20.6 Å². The number of aliphatic carboxylic acids is 1. The lowest BCUT2D eigenvalue weighted by Crippen LogP contribution is -2.54. The first-order valence-corrected chi connectivity index (χ1v) is 10.5. The van der Waals surface area contributed by atoms with Crippen molar-refractivity contribution < 1.29 is 24.3 Å². The van der Waals surface area contributed by atoms with Crippen molar-refractivity contribution >= 4 is 23.7 Å². The summed E-state index contributed by atoms with van der Waals surface area (Å²) < 4.78 is 0. The Labute approximate surface area is 186 Å². The number of benzene rings is 2. The highest BCUT2D eigenvalue weighted by Gasteiger charge is 2.41. The third-order valence-corrected chi connectivity index (χ3v) is 5.56. The van der Waals surface area contributed by atoms with Gasteiger partial charge in [-0.05, 0) is 30.5 Å². The summed E-state index contributed by atoms with van der Waals surface area (Å²) in [5.74, 6) is -2.50. The maximum atomic E-state index is 13.1. The Morgan fingerprint density at radius 1 is 1.06 bits per heavy atom. The number of carbonyl (C=O) groups excluding carboxylic acids is 3. The van der Waals surface area contributed by atoms with Gasteiger partial charge in [-0.15, -0.1) is 0 Å². The highest BCUT2D eigenvalue weighted by Crippen LogP contribution is 2.34. The Morgan fingerprint density at radius 3 is 2.38 bits per heavy atom. The fourth-order valence-electron chi connectivity index (χ4n) is 3.93. The maximum absolute atomic E-state index is 13.1. The molecule has 1 aliphatic heterocycles. The number of fused-ring (bicyclic) bond motifs is 1. The molecule has 0 fully saturated rings. The molecule has 2 aromatic carbocycles. The third kappa shape index (κ3) is 4.80. The van der Waals surface area contributed by atoms with Crippen LogP contribution in [0.2, 0.25) is 0 Å². The van der Waals surface area contributed by atoms with Gasteiger partial charge in [-0.2, -0.15) is 0 Å². The number of carboxylic acids is 1. The van der Waals surface area contributed by atoms with Gasteiger partial charge in [-0.1, -0.05) is 61.9 Å². The van der Waals surface area contributed by atoms with E-state index < -0.39 is 35.9 Å². The van der Waals surface area contributed by atoms with Gasteiger partial charge in [-0.25, -0.2) is 4.79 Å². The molecule has 0 aromatic heterocycles. The summed E-state index contributed by atoms with van der Waals surface area (Å²) in [6.07, 6.45) is 0.836. The Kier molecular flexibility index (Phi) is 6.92. The largest absolute Gasteiger partial charge is 0.480 e. The number of carbonyl (C=O) groups is 4. The van der Waals surface area contributed by atoms with E-state index in [-0.39, 0.29) is 18.9 Å². The van der Waals surface area contributed by atoms with Crippen molar-refractivity contribution in [2.24, 2.45) is 0 Å². The van der Waals surface area contributed by atoms with Gasteiger partial charge in [-0.3, -0.25) is 14.4 Å². The van der Waals surface area contributed by atoms with Crippen molar-refractivity contribution in [1.29, 1.82) is 0 Å². The lowest BCUT2D eigenvalue weighted by Gasteiger charge is -2.27. The second-order valence-corrected chi connectivity index (χ2v) is 8.06. The summed E-state index contributed by atoms with van der Waals surface area (Å²) in [7, 11) is 0. The molecule has 8 nitrogen and oxygen atoms in total. The first kappa shape index (κ1) is 23.0. The fraction of sp³-hybridized carbons (Fsp3) is 0.333. The number of nitrogens with one attached hydrogen (secondary N) is 2. The molecule has 2 aromatic rings. The fourth-order valence-corrected chi connectivity index (χ4v) is 3.93. The maximum Gasteiger partial charge on any atom is 0.329 e. The van der Waals surface area contributed by atoms with E-state index >= 15 is 0 Å². The second kappa shape index (κ2) is 9.64. The zero-order valence-electron chi connectivity index (χ0n) is 18.1. The summed E-state index contributed by atoms with van der Waals surface area (Å²) in [5.41, 5.74) is 0.495. The van der Waals surface area contributed by atoms with Crippen molar-refractivity contribution in [1.82, 2.24) is 15.5 Å². The molecule has 1 aliphatic rings. The molecule has 3 N–H and O–H groups in total. The van der Waals surface area contributed by atoms with Crippen molar-refractivity contribution in [2.75, 3.05) is 6.54 Å². The number of amides is 3. The molecule has 0 radical (unpaired) electrons. The van der Waals surface area contributed by atoms with Crippen LogP contribution >= 0.6 is 0 Å². The average molecular weight is 437 g/mol. The highest BCUT2D eigenvalue weighted by atomic mass is 16.4. The SMILES string of the molecule is CCCC(C)(NC(=O)CNC(=O)C1c2ccccc2C(=O)N1Cc1ccccc1)C(=O)O. The summed E-state index contributed by atoms with van der Waals surface area (Å²) in [6, 6.07) is 15.4. The molecule has 2 atom stereocenters. The van der Waals surface area contributed by atoms with Crippen LogP contribution in [0.4, 0.5) is 0 Å². The molecule has 0 spiro atoms. The monoisotopic (exact) mass is 437 g/mol. The molecule has 0 saturated carbocycles. The van der Waals surface area contributed by atoms with Gasteiger partial charge in [0, 0.05) is 12.1 Å². The Morgan fingerprint density at radius 2 is 1.72 bits per heavy atom. The van der Waals surface area contributed by atoms with E-state index in [9.17, 15) is 24.3 Å². The van der Waals surface area contributed by atoms with Crippen molar-refractivity contribution in [3.8, 4) is 0 Å². The molecule has 168 valence electrons. The molecule has 1 heterocycles. The lowest BCUT2D eigenvalue weighted by molar-refractivity contribution is -0.147. The van der Waals surface area contributed by atoms with Crippen LogP contribution in [0.1, 0.15) is 54.2 Å². The van der Waals surface area contributed by atoms with Crippen LogP contribution in [0.25, 0.3) is 0 Å². The molecule has 0 saturated heterocycles. The third-order valence-electron chi connectivity index (χ3n) is 5.56. The molecule has 0 aliphatic carbocycles. The van der Waals surface area contributed by atoms with E-state index in [1.54, 1.807) is 24.3 Å². The summed E-state index contributed by atoms with van der Waals surface area (Å²) in [6.45, 7) is 3.11. The predicted molar refractivity (Wildman–Crippen MR) is 118 cm³/mol. The van der Waals surface area contributed by atoms with E-state index in [4.69, 9.17) is 0 Å². The average Bonchev–Trinajstić information content (AvgIpc) is 3.04. The van der Waals surface area contributed by atoms with Gasteiger partial charge in [0.15, 0.2) is 0 Å². The Bertz CT molecular complexity index is 1020. The van der Waals surface area contributed by atoms with Crippen LogP contribution in [0.15, 0.2) is 54.6 Å². The van der Waals surface area contributed by atoms with Crippen LogP contribution < -0.4 is 10.6 Å². The highest BCUT2D eigenvalue weighted by molar-refractivity contribution is 6.05. The molecule has 2 unspecified atom stereocenters. The predicted octanol–water partition coefficient (Wildman–Crippen LogP) is 2.26. The first-order chi connectivity index (χ1) is 15.3. The quantitative estimate of drug-likeness (QED) is 0.557. The molecule has 8 heteroatoms. The summed E-state index contributed by atoms with van der Waals surface area (Å²) in [4.78, 5) is 51.5. The molecular weight excluding hydrogens is 410 g/mol. The smallest absolute Gasteiger partial charge is 0.329 e. The topological polar surface area (TPSA) is 116 Å². The van der Waals surface area contributed by atoms with E-state index in [0.29, 0.717) is 17.5 Å². The zero-order chi connectivity index (χ0) is 23.3. The minimum Gasteiger partial charge on any atom is -0.480 e. The second-order valence-electron chi connectivity index (χ2n) is 8.06. The molecule has 0 bridgehead atoms. The van der Waals surface area contributed by atoms with Crippen LogP contribution in [0, 0.1) is 0 Å². The Balaban J connectivity index is 1.74. The van der Waals surface area contributed by atoms with Crippen LogP contribution in [0.5, 0.6) is 0 Å².